The molecule has 2 rings (SSSR count). The van der Waals surface area contributed by atoms with Crippen LogP contribution >= 0.6 is 0 Å². The van der Waals surface area contributed by atoms with Crippen molar-refractivity contribution >= 4 is 11.6 Å². The van der Waals surface area contributed by atoms with Gasteiger partial charge in [0, 0.05) is 52.1 Å². The Kier molecular flexibility index (Phi) is 9.15. The van der Waals surface area contributed by atoms with Gasteiger partial charge in [-0.15, -0.1) is 0 Å². The molecule has 1 saturated heterocycles. The van der Waals surface area contributed by atoms with Crippen molar-refractivity contribution in [3.8, 4) is 0 Å². The third-order valence-corrected chi connectivity index (χ3v) is 4.23. The molecule has 0 radical (unpaired) electrons. The number of hydrogen-bond acceptors (Lipinski definition) is 4. The second-order valence-corrected chi connectivity index (χ2v) is 5.98. The summed E-state index contributed by atoms with van der Waals surface area (Å²) < 4.78 is 10.8. The molecular weight excluding hydrogens is 316 g/mol. The highest BCUT2D eigenvalue weighted by Crippen LogP contribution is 2.21. The van der Waals surface area contributed by atoms with Gasteiger partial charge >= 0.3 is 0 Å². The summed E-state index contributed by atoms with van der Waals surface area (Å²) in [5, 5.41) is 6.78. The Bertz CT molecular complexity index is 516. The summed E-state index contributed by atoms with van der Waals surface area (Å²) in [7, 11) is 1.81. The van der Waals surface area contributed by atoms with Crippen molar-refractivity contribution in [3.63, 3.8) is 0 Å². The predicted octanol–water partition coefficient (Wildman–Crippen LogP) is 2.00. The van der Waals surface area contributed by atoms with Crippen molar-refractivity contribution in [2.45, 2.75) is 26.3 Å². The summed E-state index contributed by atoms with van der Waals surface area (Å²) in [6.45, 7) is 8.80. The zero-order valence-electron chi connectivity index (χ0n) is 15.6. The molecule has 0 atom stereocenters. The van der Waals surface area contributed by atoms with E-state index >= 15 is 0 Å². The maximum atomic E-state index is 5.46. The van der Waals surface area contributed by atoms with E-state index in [0.717, 1.165) is 71.4 Å². The molecule has 1 aromatic carbocycles. The van der Waals surface area contributed by atoms with Crippen molar-refractivity contribution in [1.82, 2.24) is 10.6 Å². The van der Waals surface area contributed by atoms with E-state index in [1.54, 1.807) is 0 Å². The molecule has 140 valence electrons. The summed E-state index contributed by atoms with van der Waals surface area (Å²) >= 11 is 0. The maximum absolute atomic E-state index is 5.46. The van der Waals surface area contributed by atoms with Crippen LogP contribution in [0.4, 0.5) is 5.69 Å². The molecule has 1 fully saturated rings. The smallest absolute Gasteiger partial charge is 0.191 e. The highest BCUT2D eigenvalue weighted by molar-refractivity contribution is 5.79. The fourth-order valence-corrected chi connectivity index (χ4v) is 2.85. The van der Waals surface area contributed by atoms with Gasteiger partial charge in [0.15, 0.2) is 5.96 Å². The summed E-state index contributed by atoms with van der Waals surface area (Å²) in [4.78, 5) is 6.70. The molecule has 0 aromatic heterocycles. The Balaban J connectivity index is 1.79. The number of benzene rings is 1. The van der Waals surface area contributed by atoms with Crippen LogP contribution in [0, 0.1) is 0 Å². The molecule has 0 amide bonds. The van der Waals surface area contributed by atoms with E-state index in [-0.39, 0.29) is 0 Å². The molecule has 6 heteroatoms. The SMILES string of the molecule is CCOCCCCNC(=NC)NCc1ccccc1N1CCOCC1. The Labute approximate surface area is 151 Å². The zero-order chi connectivity index (χ0) is 17.7. The van der Waals surface area contributed by atoms with Crippen molar-refractivity contribution in [2.75, 3.05) is 58.0 Å². The van der Waals surface area contributed by atoms with Crippen molar-refractivity contribution in [2.24, 2.45) is 4.99 Å². The molecule has 1 aliphatic heterocycles. The quantitative estimate of drug-likeness (QED) is 0.406. The molecule has 0 unspecified atom stereocenters. The third-order valence-electron chi connectivity index (χ3n) is 4.23. The van der Waals surface area contributed by atoms with Crippen LogP contribution in [0.1, 0.15) is 25.3 Å². The number of hydrogen-bond donors (Lipinski definition) is 2. The highest BCUT2D eigenvalue weighted by atomic mass is 16.5. The van der Waals surface area contributed by atoms with Crippen LogP contribution < -0.4 is 15.5 Å². The number of nitrogens with zero attached hydrogens (tertiary/aromatic N) is 2. The first kappa shape index (κ1) is 19.5. The topological polar surface area (TPSA) is 58.1 Å². The fourth-order valence-electron chi connectivity index (χ4n) is 2.85. The van der Waals surface area contributed by atoms with E-state index in [2.05, 4.69) is 44.8 Å². The first-order chi connectivity index (χ1) is 12.3. The van der Waals surface area contributed by atoms with Gasteiger partial charge in [-0.05, 0) is 31.4 Å². The number of unbranched alkanes of at least 4 members (excludes halogenated alkanes) is 1. The van der Waals surface area contributed by atoms with Gasteiger partial charge in [-0.3, -0.25) is 4.99 Å². The molecule has 1 heterocycles. The number of ether oxygens (including phenoxy) is 2. The number of morpholine rings is 1. The monoisotopic (exact) mass is 348 g/mol. The Morgan fingerprint density at radius 3 is 2.76 bits per heavy atom. The van der Waals surface area contributed by atoms with Crippen LogP contribution in [0.2, 0.25) is 0 Å². The lowest BCUT2D eigenvalue weighted by Crippen LogP contribution is -2.39. The molecule has 0 bridgehead atoms. The lowest BCUT2D eigenvalue weighted by Gasteiger charge is -2.30. The number of nitrogens with one attached hydrogen (secondary N) is 2. The lowest BCUT2D eigenvalue weighted by molar-refractivity contribution is 0.122. The van der Waals surface area contributed by atoms with Crippen LogP contribution in [0.5, 0.6) is 0 Å². The van der Waals surface area contributed by atoms with E-state index in [1.807, 2.05) is 14.0 Å². The molecule has 0 saturated carbocycles. The number of guanidine groups is 1. The molecule has 0 spiro atoms. The highest BCUT2D eigenvalue weighted by Gasteiger charge is 2.14. The van der Waals surface area contributed by atoms with Crippen LogP contribution in [0.25, 0.3) is 0 Å². The van der Waals surface area contributed by atoms with Crippen LogP contribution in [0.3, 0.4) is 0 Å². The predicted molar refractivity (Wildman–Crippen MR) is 103 cm³/mol. The molecule has 2 N–H and O–H groups in total. The van der Waals surface area contributed by atoms with Gasteiger partial charge in [-0.1, -0.05) is 18.2 Å². The van der Waals surface area contributed by atoms with Gasteiger partial charge in [0.2, 0.25) is 0 Å². The molecule has 1 aliphatic rings. The first-order valence-electron chi connectivity index (χ1n) is 9.28. The number of rotatable bonds is 9. The van der Waals surface area contributed by atoms with Gasteiger partial charge in [-0.25, -0.2) is 0 Å². The van der Waals surface area contributed by atoms with Gasteiger partial charge in [0.05, 0.1) is 13.2 Å². The van der Waals surface area contributed by atoms with Gasteiger partial charge in [-0.2, -0.15) is 0 Å². The van der Waals surface area contributed by atoms with Crippen LogP contribution in [0.15, 0.2) is 29.3 Å². The van der Waals surface area contributed by atoms with Crippen LogP contribution in [-0.2, 0) is 16.0 Å². The zero-order valence-corrected chi connectivity index (χ0v) is 15.6. The van der Waals surface area contributed by atoms with E-state index in [4.69, 9.17) is 9.47 Å². The number of anilines is 1. The minimum Gasteiger partial charge on any atom is -0.382 e. The van der Waals surface area contributed by atoms with Crippen molar-refractivity contribution < 1.29 is 9.47 Å². The van der Waals surface area contributed by atoms with E-state index in [1.165, 1.54) is 11.3 Å². The summed E-state index contributed by atoms with van der Waals surface area (Å²) in [6.07, 6.45) is 2.14. The average Bonchev–Trinajstić information content (AvgIpc) is 2.68. The van der Waals surface area contributed by atoms with Gasteiger partial charge in [0.1, 0.15) is 0 Å². The third kappa shape index (κ3) is 6.92. The number of aliphatic imine (C=N–C) groups is 1. The normalized spacial score (nSPS) is 15.3. The molecule has 6 nitrogen and oxygen atoms in total. The standard InChI is InChI=1S/C19H32N4O2/c1-3-24-13-7-6-10-21-19(20-2)22-16-17-8-4-5-9-18(17)23-11-14-25-15-12-23/h4-5,8-9H,3,6-7,10-16H2,1-2H3,(H2,20,21,22). The van der Waals surface area contributed by atoms with Crippen molar-refractivity contribution in [1.29, 1.82) is 0 Å². The van der Waals surface area contributed by atoms with E-state index < -0.39 is 0 Å². The molecule has 1 aromatic rings. The van der Waals surface area contributed by atoms with E-state index in [9.17, 15) is 0 Å². The molecular formula is C19H32N4O2. The Morgan fingerprint density at radius 2 is 2.00 bits per heavy atom. The van der Waals surface area contributed by atoms with Gasteiger partial charge in [0.25, 0.3) is 0 Å². The molecule has 25 heavy (non-hydrogen) atoms. The Hall–Kier alpha value is -1.79. The van der Waals surface area contributed by atoms with Gasteiger partial charge < -0.3 is 25.0 Å². The minimum absolute atomic E-state index is 0.756. The maximum Gasteiger partial charge on any atom is 0.191 e. The Morgan fingerprint density at radius 1 is 1.20 bits per heavy atom. The summed E-state index contributed by atoms with van der Waals surface area (Å²) in [5.41, 5.74) is 2.56. The lowest BCUT2D eigenvalue weighted by atomic mass is 10.1. The fraction of sp³-hybridized carbons (Fsp3) is 0.632. The second kappa shape index (κ2) is 11.7. The van der Waals surface area contributed by atoms with E-state index in [0.29, 0.717) is 0 Å². The number of para-hydroxylation sites is 1. The first-order valence-corrected chi connectivity index (χ1v) is 9.28. The summed E-state index contributed by atoms with van der Waals surface area (Å²) in [6, 6.07) is 8.55. The van der Waals surface area contributed by atoms with Crippen LogP contribution in [-0.4, -0.2) is 59.1 Å². The van der Waals surface area contributed by atoms with Crippen molar-refractivity contribution in [3.05, 3.63) is 29.8 Å². The average molecular weight is 348 g/mol. The molecule has 0 aliphatic carbocycles. The summed E-state index contributed by atoms with van der Waals surface area (Å²) in [5.74, 6) is 0.841. The largest absolute Gasteiger partial charge is 0.382 e. The minimum atomic E-state index is 0.756. The second-order valence-electron chi connectivity index (χ2n) is 5.98.